The molecule has 0 amide bonds. The van der Waals surface area contributed by atoms with E-state index in [0.717, 1.165) is 12.1 Å². The fourth-order valence-electron chi connectivity index (χ4n) is 2.39. The molecule has 0 unspecified atom stereocenters. The molecule has 0 fully saturated rings. The number of rotatable bonds is 5. The summed E-state index contributed by atoms with van der Waals surface area (Å²) in [7, 11) is 1.51. The topological polar surface area (TPSA) is 69.2 Å². The molecule has 1 N–H and O–H groups in total. The monoisotopic (exact) mass is 364 g/mol. The van der Waals surface area contributed by atoms with Gasteiger partial charge in [-0.25, -0.2) is 0 Å². The van der Waals surface area contributed by atoms with E-state index in [4.69, 9.17) is 9.47 Å². The second kappa shape index (κ2) is 7.03. The molecule has 0 bridgehead atoms. The van der Waals surface area contributed by atoms with Crippen molar-refractivity contribution < 1.29 is 22.6 Å². The fourth-order valence-corrected chi connectivity index (χ4v) is 2.39. The van der Waals surface area contributed by atoms with Crippen LogP contribution in [0.1, 0.15) is 12.5 Å². The predicted molar refractivity (Wildman–Crippen MR) is 89.8 cm³/mol. The van der Waals surface area contributed by atoms with Crippen LogP contribution in [0.5, 0.6) is 11.5 Å². The van der Waals surface area contributed by atoms with E-state index < -0.39 is 11.7 Å². The van der Waals surface area contributed by atoms with E-state index in [1.807, 2.05) is 6.92 Å². The van der Waals surface area contributed by atoms with Gasteiger partial charge in [0.15, 0.2) is 17.3 Å². The molecule has 6 nitrogen and oxygen atoms in total. The Morgan fingerprint density at radius 3 is 2.38 bits per heavy atom. The number of anilines is 2. The second-order valence-electron chi connectivity index (χ2n) is 5.29. The van der Waals surface area contributed by atoms with Gasteiger partial charge in [0, 0.05) is 11.8 Å². The van der Waals surface area contributed by atoms with Crippen LogP contribution in [-0.4, -0.2) is 29.1 Å². The van der Waals surface area contributed by atoms with Gasteiger partial charge in [-0.3, -0.25) is 0 Å². The lowest BCUT2D eigenvalue weighted by Crippen LogP contribution is -2.05. The number of alkyl halides is 3. The summed E-state index contributed by atoms with van der Waals surface area (Å²) in [5, 5.41) is 15.1. The summed E-state index contributed by atoms with van der Waals surface area (Å²) in [6.45, 7) is 2.30. The van der Waals surface area contributed by atoms with E-state index in [1.54, 1.807) is 12.1 Å². The van der Waals surface area contributed by atoms with Gasteiger partial charge in [-0.1, -0.05) is 0 Å². The molecule has 0 spiro atoms. The largest absolute Gasteiger partial charge is 0.493 e. The lowest BCUT2D eigenvalue weighted by molar-refractivity contribution is -0.137. The number of ether oxygens (including phenoxy) is 2. The molecule has 1 heterocycles. The minimum atomic E-state index is -4.38. The highest BCUT2D eigenvalue weighted by Gasteiger charge is 2.30. The van der Waals surface area contributed by atoms with Crippen molar-refractivity contribution in [2.24, 2.45) is 0 Å². The third-order valence-electron chi connectivity index (χ3n) is 3.61. The van der Waals surface area contributed by atoms with Gasteiger partial charge in [-0.2, -0.15) is 13.2 Å². The Kier molecular flexibility index (Phi) is 4.79. The lowest BCUT2D eigenvalue weighted by Gasteiger charge is -2.12. The average molecular weight is 364 g/mol. The third kappa shape index (κ3) is 3.61. The van der Waals surface area contributed by atoms with Gasteiger partial charge in [0.2, 0.25) is 0 Å². The number of aromatic nitrogens is 3. The van der Waals surface area contributed by atoms with Crippen LogP contribution in [0.25, 0.3) is 10.9 Å². The molecule has 2 aromatic carbocycles. The highest BCUT2D eigenvalue weighted by molar-refractivity contribution is 5.92. The van der Waals surface area contributed by atoms with Crippen molar-refractivity contribution in [3.8, 4) is 11.5 Å². The van der Waals surface area contributed by atoms with Crippen molar-refractivity contribution in [2.75, 3.05) is 19.0 Å². The molecule has 3 aromatic rings. The zero-order chi connectivity index (χ0) is 18.7. The van der Waals surface area contributed by atoms with Gasteiger partial charge < -0.3 is 14.8 Å². The van der Waals surface area contributed by atoms with Gasteiger partial charge in [0.25, 0.3) is 0 Å². The van der Waals surface area contributed by atoms with Crippen molar-refractivity contribution >= 4 is 22.4 Å². The molecule has 1 aromatic heterocycles. The van der Waals surface area contributed by atoms with Gasteiger partial charge in [0.1, 0.15) is 5.52 Å². The number of methoxy groups -OCH3 is 1. The normalized spacial score (nSPS) is 11.4. The predicted octanol–water partition coefficient (Wildman–Crippen LogP) is 4.19. The maximum Gasteiger partial charge on any atom is 0.416 e. The first-order chi connectivity index (χ1) is 12.4. The third-order valence-corrected chi connectivity index (χ3v) is 3.61. The zero-order valence-electron chi connectivity index (χ0n) is 14.0. The average Bonchev–Trinajstić information content (AvgIpc) is 2.61. The van der Waals surface area contributed by atoms with E-state index in [2.05, 4.69) is 20.7 Å². The van der Waals surface area contributed by atoms with Gasteiger partial charge in [-0.05, 0) is 42.5 Å². The molecular formula is C17H15F3N4O2. The van der Waals surface area contributed by atoms with Crippen molar-refractivity contribution in [1.29, 1.82) is 0 Å². The molecular weight excluding hydrogens is 349 g/mol. The molecule has 0 saturated carbocycles. The summed E-state index contributed by atoms with van der Waals surface area (Å²) in [5.41, 5.74) is 0.225. The molecule has 0 atom stereocenters. The van der Waals surface area contributed by atoms with E-state index >= 15 is 0 Å². The first kappa shape index (κ1) is 17.7. The quantitative estimate of drug-likeness (QED) is 0.732. The van der Waals surface area contributed by atoms with Gasteiger partial charge >= 0.3 is 6.18 Å². The molecule has 0 aliphatic carbocycles. The van der Waals surface area contributed by atoms with Crippen LogP contribution in [0.4, 0.5) is 24.7 Å². The maximum absolute atomic E-state index is 12.7. The highest BCUT2D eigenvalue weighted by atomic mass is 19.4. The van der Waals surface area contributed by atoms with Crippen LogP contribution >= 0.6 is 0 Å². The van der Waals surface area contributed by atoms with Gasteiger partial charge in [-0.15, -0.1) is 10.2 Å². The summed E-state index contributed by atoms with van der Waals surface area (Å²) in [6, 6.07) is 7.99. The molecule has 3 rings (SSSR count). The number of hydrogen-bond donors (Lipinski definition) is 1. The molecule has 0 radical (unpaired) electrons. The Bertz CT molecular complexity index is 914. The Labute approximate surface area is 146 Å². The molecule has 9 heteroatoms. The molecule has 0 saturated heterocycles. The smallest absolute Gasteiger partial charge is 0.416 e. The van der Waals surface area contributed by atoms with Gasteiger partial charge in [0.05, 0.1) is 24.7 Å². The Hall–Kier alpha value is -3.10. The Morgan fingerprint density at radius 2 is 1.77 bits per heavy atom. The first-order valence-corrected chi connectivity index (χ1v) is 7.70. The molecule has 26 heavy (non-hydrogen) atoms. The van der Waals surface area contributed by atoms with E-state index in [0.29, 0.717) is 40.5 Å². The molecule has 0 aliphatic rings. The van der Waals surface area contributed by atoms with Crippen LogP contribution in [0.3, 0.4) is 0 Å². The molecule has 136 valence electrons. The number of fused-ring (bicyclic) bond motifs is 1. The summed E-state index contributed by atoms with van der Waals surface area (Å²) >= 11 is 0. The van der Waals surface area contributed by atoms with Crippen molar-refractivity contribution in [2.45, 2.75) is 13.1 Å². The van der Waals surface area contributed by atoms with E-state index in [9.17, 15) is 13.2 Å². The number of benzene rings is 2. The summed E-state index contributed by atoms with van der Waals surface area (Å²) in [5.74, 6) is 1.35. The Balaban J connectivity index is 1.97. The van der Waals surface area contributed by atoms with Crippen molar-refractivity contribution in [3.63, 3.8) is 0 Å². The van der Waals surface area contributed by atoms with Crippen molar-refractivity contribution in [1.82, 2.24) is 15.4 Å². The van der Waals surface area contributed by atoms with E-state index in [-0.39, 0.29) is 0 Å². The number of nitrogens with one attached hydrogen (secondary N) is 1. The zero-order valence-corrected chi connectivity index (χ0v) is 14.0. The van der Waals surface area contributed by atoms with Crippen LogP contribution in [0, 0.1) is 0 Å². The minimum absolute atomic E-state index is 0.344. The molecule has 0 aliphatic heterocycles. The summed E-state index contributed by atoms with van der Waals surface area (Å²) < 4.78 is 48.8. The lowest BCUT2D eigenvalue weighted by atomic mass is 10.2. The van der Waals surface area contributed by atoms with Crippen LogP contribution in [0.15, 0.2) is 36.4 Å². The minimum Gasteiger partial charge on any atom is -0.493 e. The van der Waals surface area contributed by atoms with Crippen molar-refractivity contribution in [3.05, 3.63) is 42.0 Å². The Morgan fingerprint density at radius 1 is 1.04 bits per heavy atom. The SMILES string of the molecule is CCOc1cc2nnnc(Nc3ccc(C(F)(F)F)cc3)c2cc1OC. The number of halogens is 3. The van der Waals surface area contributed by atoms with Crippen LogP contribution in [-0.2, 0) is 6.18 Å². The van der Waals surface area contributed by atoms with Crippen LogP contribution in [0.2, 0.25) is 0 Å². The highest BCUT2D eigenvalue weighted by Crippen LogP contribution is 2.35. The maximum atomic E-state index is 12.7. The fraction of sp³-hybridized carbons (Fsp3) is 0.235. The van der Waals surface area contributed by atoms with Crippen LogP contribution < -0.4 is 14.8 Å². The number of hydrogen-bond acceptors (Lipinski definition) is 6. The first-order valence-electron chi connectivity index (χ1n) is 7.70. The second-order valence-corrected chi connectivity index (χ2v) is 5.29. The standard InChI is InChI=1S/C17H15F3N4O2/c1-3-26-15-9-13-12(8-14(15)25-2)16(23-24-22-13)21-11-6-4-10(5-7-11)17(18,19)20/h4-9H,3H2,1-2H3,(H,21,22,23). The number of nitrogens with zero attached hydrogens (tertiary/aromatic N) is 3. The summed E-state index contributed by atoms with van der Waals surface area (Å²) in [4.78, 5) is 0. The summed E-state index contributed by atoms with van der Waals surface area (Å²) in [6.07, 6.45) is -4.38. The van der Waals surface area contributed by atoms with E-state index in [1.165, 1.54) is 19.2 Å².